The van der Waals surface area contributed by atoms with E-state index in [1.165, 1.54) is 12.3 Å². The summed E-state index contributed by atoms with van der Waals surface area (Å²) in [6, 6.07) is 7.86. The topological polar surface area (TPSA) is 79.5 Å². The summed E-state index contributed by atoms with van der Waals surface area (Å²) in [4.78, 5) is 24.7. The number of fused-ring (bicyclic) bond motifs is 1. The lowest BCUT2D eigenvalue weighted by Gasteiger charge is -2.25. The van der Waals surface area contributed by atoms with Gasteiger partial charge in [0.2, 0.25) is 5.43 Å². The lowest BCUT2D eigenvalue weighted by molar-refractivity contribution is 0.0694. The highest BCUT2D eigenvalue weighted by molar-refractivity contribution is 6.30. The largest absolute Gasteiger partial charge is 0.477 e. The fourth-order valence-electron chi connectivity index (χ4n) is 3.91. The van der Waals surface area contributed by atoms with Gasteiger partial charge >= 0.3 is 5.97 Å². The van der Waals surface area contributed by atoms with Gasteiger partial charge in [-0.15, -0.1) is 0 Å². The summed E-state index contributed by atoms with van der Waals surface area (Å²) in [6.45, 7) is 5.59. The first kappa shape index (κ1) is 23.0. The molecule has 0 spiro atoms. The second-order valence-corrected chi connectivity index (χ2v) is 8.37. The molecule has 0 aliphatic heterocycles. The number of carboxylic acid groups (broad SMARTS) is 1. The maximum Gasteiger partial charge on any atom is 0.341 e. The van der Waals surface area contributed by atoms with Crippen LogP contribution in [0.25, 0.3) is 10.9 Å². The standard InChI is InChI=1S/C24H25ClFNO4/c1-4-14-10-20-17(9-16(14)8-15-6-5-7-19(25)22(15)26)23(29)18(24(30)31)11-27(20)21(12-28)13(2)3/h5-7,9-11,13,21,28H,4,8,12H2,1-3H3,(H,30,31)/t21-/m1/s1. The maximum atomic E-state index is 14.5. The van der Waals surface area contributed by atoms with E-state index in [1.807, 2.05) is 26.8 Å². The molecule has 5 nitrogen and oxygen atoms in total. The van der Waals surface area contributed by atoms with E-state index < -0.39 is 23.3 Å². The van der Waals surface area contributed by atoms with Crippen molar-refractivity contribution >= 4 is 28.5 Å². The summed E-state index contributed by atoms with van der Waals surface area (Å²) in [5.74, 6) is -1.84. The van der Waals surface area contributed by atoms with E-state index >= 15 is 0 Å². The Morgan fingerprint density at radius 1 is 1.19 bits per heavy atom. The molecule has 31 heavy (non-hydrogen) atoms. The Morgan fingerprint density at radius 3 is 2.48 bits per heavy atom. The minimum Gasteiger partial charge on any atom is -0.477 e. The predicted molar refractivity (Wildman–Crippen MR) is 120 cm³/mol. The number of aromatic nitrogens is 1. The quantitative estimate of drug-likeness (QED) is 0.545. The van der Waals surface area contributed by atoms with E-state index in [4.69, 9.17) is 11.6 Å². The molecule has 3 aromatic rings. The van der Waals surface area contributed by atoms with E-state index in [0.29, 0.717) is 17.5 Å². The van der Waals surface area contributed by atoms with Crippen molar-refractivity contribution in [3.8, 4) is 0 Å². The summed E-state index contributed by atoms with van der Waals surface area (Å²) in [7, 11) is 0. The number of carbonyl (C=O) groups is 1. The molecule has 1 atom stereocenters. The number of halogens is 2. The van der Waals surface area contributed by atoms with Gasteiger partial charge in [0.15, 0.2) is 0 Å². The molecule has 1 heterocycles. The average Bonchev–Trinajstić information content (AvgIpc) is 2.72. The van der Waals surface area contributed by atoms with Crippen molar-refractivity contribution in [2.24, 2.45) is 5.92 Å². The van der Waals surface area contributed by atoms with Crippen LogP contribution < -0.4 is 5.43 Å². The predicted octanol–water partition coefficient (Wildman–Crippen LogP) is 4.83. The third-order valence-corrected chi connectivity index (χ3v) is 5.98. The van der Waals surface area contributed by atoms with Gasteiger partial charge in [-0.25, -0.2) is 9.18 Å². The zero-order valence-corrected chi connectivity index (χ0v) is 18.4. The van der Waals surface area contributed by atoms with Gasteiger partial charge in [-0.3, -0.25) is 4.79 Å². The van der Waals surface area contributed by atoms with E-state index in [-0.39, 0.29) is 34.9 Å². The molecule has 0 unspecified atom stereocenters. The highest BCUT2D eigenvalue weighted by Gasteiger charge is 2.22. The van der Waals surface area contributed by atoms with Crippen LogP contribution in [0.1, 0.15) is 53.9 Å². The zero-order chi connectivity index (χ0) is 22.9. The molecule has 0 amide bonds. The molecule has 0 radical (unpaired) electrons. The van der Waals surface area contributed by atoms with Crippen LogP contribution in [0.3, 0.4) is 0 Å². The molecule has 0 saturated heterocycles. The van der Waals surface area contributed by atoms with Crippen molar-refractivity contribution in [1.82, 2.24) is 4.57 Å². The molecule has 1 aromatic heterocycles. The number of aliphatic hydroxyl groups is 1. The van der Waals surface area contributed by atoms with Crippen molar-refractivity contribution in [3.63, 3.8) is 0 Å². The number of hydrogen-bond donors (Lipinski definition) is 2. The molecule has 0 bridgehead atoms. The fraction of sp³-hybridized carbons (Fsp3) is 0.333. The van der Waals surface area contributed by atoms with Crippen molar-refractivity contribution in [2.75, 3.05) is 6.61 Å². The number of hydrogen-bond acceptors (Lipinski definition) is 3. The molecule has 0 saturated carbocycles. The molecule has 7 heteroatoms. The fourth-order valence-corrected chi connectivity index (χ4v) is 4.11. The van der Waals surface area contributed by atoms with Crippen LogP contribution in [-0.2, 0) is 12.8 Å². The van der Waals surface area contributed by atoms with Crippen LogP contribution in [0, 0.1) is 11.7 Å². The van der Waals surface area contributed by atoms with E-state index in [9.17, 15) is 24.2 Å². The SMILES string of the molecule is CCc1cc2c(cc1Cc1cccc(Cl)c1F)c(=O)c(C(=O)O)cn2[C@H](CO)C(C)C. The van der Waals surface area contributed by atoms with Gasteiger partial charge in [-0.1, -0.05) is 44.5 Å². The van der Waals surface area contributed by atoms with Gasteiger partial charge < -0.3 is 14.8 Å². The normalized spacial score (nSPS) is 12.5. The van der Waals surface area contributed by atoms with Crippen LogP contribution in [-0.4, -0.2) is 27.4 Å². The first-order valence-corrected chi connectivity index (χ1v) is 10.5. The summed E-state index contributed by atoms with van der Waals surface area (Å²) < 4.78 is 16.2. The molecule has 2 N–H and O–H groups in total. The first-order chi connectivity index (χ1) is 14.7. The van der Waals surface area contributed by atoms with Gasteiger partial charge in [0.25, 0.3) is 0 Å². The van der Waals surface area contributed by atoms with Gasteiger partial charge in [-0.05, 0) is 47.2 Å². The van der Waals surface area contributed by atoms with Crippen LogP contribution >= 0.6 is 11.6 Å². The molecule has 3 rings (SSSR count). The Bertz CT molecular complexity index is 1200. The Morgan fingerprint density at radius 2 is 1.90 bits per heavy atom. The number of aromatic carboxylic acids is 1. The number of nitrogens with zero attached hydrogens (tertiary/aromatic N) is 1. The maximum absolute atomic E-state index is 14.5. The Kier molecular flexibility index (Phi) is 6.82. The summed E-state index contributed by atoms with van der Waals surface area (Å²) in [6.07, 6.45) is 2.16. The van der Waals surface area contributed by atoms with E-state index in [1.54, 1.807) is 22.8 Å². The van der Waals surface area contributed by atoms with Crippen molar-refractivity contribution in [2.45, 2.75) is 39.7 Å². The van der Waals surface area contributed by atoms with Gasteiger partial charge in [0.1, 0.15) is 11.4 Å². The minimum atomic E-state index is -1.33. The summed E-state index contributed by atoms with van der Waals surface area (Å²) in [5, 5.41) is 19.8. The minimum absolute atomic E-state index is 0.00246. The number of carboxylic acids is 1. The molecular weight excluding hydrogens is 421 g/mol. The molecule has 2 aromatic carbocycles. The number of benzene rings is 2. The second kappa shape index (κ2) is 9.20. The molecule has 0 aliphatic rings. The van der Waals surface area contributed by atoms with Gasteiger partial charge in [0.05, 0.1) is 23.2 Å². The van der Waals surface area contributed by atoms with Crippen molar-refractivity contribution < 1.29 is 19.4 Å². The highest BCUT2D eigenvalue weighted by Crippen LogP contribution is 2.28. The highest BCUT2D eigenvalue weighted by atomic mass is 35.5. The number of pyridine rings is 1. The Hall–Kier alpha value is -2.70. The first-order valence-electron chi connectivity index (χ1n) is 10.2. The van der Waals surface area contributed by atoms with E-state index in [2.05, 4.69) is 0 Å². The summed E-state index contributed by atoms with van der Waals surface area (Å²) >= 11 is 5.91. The van der Waals surface area contributed by atoms with Crippen LogP contribution in [0.2, 0.25) is 5.02 Å². The van der Waals surface area contributed by atoms with Crippen molar-refractivity contribution in [3.05, 3.63) is 79.8 Å². The van der Waals surface area contributed by atoms with Crippen LogP contribution in [0.4, 0.5) is 4.39 Å². The molecular formula is C24H25ClFNO4. The van der Waals surface area contributed by atoms with Crippen LogP contribution in [0.5, 0.6) is 0 Å². The second-order valence-electron chi connectivity index (χ2n) is 7.96. The molecule has 0 aliphatic carbocycles. The lowest BCUT2D eigenvalue weighted by atomic mass is 9.94. The van der Waals surface area contributed by atoms with Crippen LogP contribution in [0.15, 0.2) is 41.3 Å². The summed E-state index contributed by atoms with van der Waals surface area (Å²) in [5.41, 5.74) is 1.61. The third kappa shape index (κ3) is 4.36. The molecule has 0 fully saturated rings. The number of aliphatic hydroxyl groups excluding tert-OH is 1. The van der Waals surface area contributed by atoms with Gasteiger partial charge in [-0.2, -0.15) is 0 Å². The Balaban J connectivity index is 2.32. The monoisotopic (exact) mass is 445 g/mol. The average molecular weight is 446 g/mol. The number of aryl methyl sites for hydroxylation is 1. The van der Waals surface area contributed by atoms with E-state index in [0.717, 1.165) is 11.1 Å². The lowest BCUT2D eigenvalue weighted by Crippen LogP contribution is -2.25. The number of rotatable bonds is 7. The van der Waals surface area contributed by atoms with Gasteiger partial charge in [0, 0.05) is 18.0 Å². The Labute approximate surface area is 184 Å². The smallest absolute Gasteiger partial charge is 0.341 e. The van der Waals surface area contributed by atoms with Crippen molar-refractivity contribution in [1.29, 1.82) is 0 Å². The molecule has 164 valence electrons. The third-order valence-electron chi connectivity index (χ3n) is 5.69. The zero-order valence-electron chi connectivity index (χ0n) is 17.7.